The summed E-state index contributed by atoms with van der Waals surface area (Å²) in [5, 5.41) is 5.02. The van der Waals surface area contributed by atoms with Crippen molar-refractivity contribution >= 4 is 27.7 Å². The molecule has 2 amide bonds. The number of nitrogens with one attached hydrogen (secondary N) is 2. The summed E-state index contributed by atoms with van der Waals surface area (Å²) in [6.45, 7) is 1.39. The number of hydrogen-bond acceptors (Lipinski definition) is 4. The van der Waals surface area contributed by atoms with E-state index in [2.05, 4.69) is 26.6 Å². The molecule has 0 aliphatic carbocycles. The van der Waals surface area contributed by atoms with Crippen LogP contribution in [0.5, 0.6) is 5.75 Å². The summed E-state index contributed by atoms with van der Waals surface area (Å²) in [6, 6.07) is 9.03. The quantitative estimate of drug-likeness (QED) is 0.521. The van der Waals surface area contributed by atoms with Gasteiger partial charge in [0, 0.05) is 43.0 Å². The lowest BCUT2D eigenvalue weighted by molar-refractivity contribution is 0.0951. The molecule has 0 radical (unpaired) electrons. The topological polar surface area (TPSA) is 89.4 Å². The standard InChI is InChI=1S/C23H20BrF2N3O4/c1-12-8-19(33-11-14-4-6-15(25)10-17(14)26)20(24)23(32)29(12)18-9-13(21(30)27-2)5-7-16(18)22(31)28-3/h4-10H,11H2,1-3H3,(H,27,30)(H,28,31). The summed E-state index contributed by atoms with van der Waals surface area (Å²) in [4.78, 5) is 37.8. The second kappa shape index (κ2) is 9.95. The molecule has 1 heterocycles. The smallest absolute Gasteiger partial charge is 0.273 e. The van der Waals surface area contributed by atoms with Crippen molar-refractivity contribution in [3.8, 4) is 11.4 Å². The van der Waals surface area contributed by atoms with E-state index in [1.54, 1.807) is 6.92 Å². The van der Waals surface area contributed by atoms with E-state index in [0.717, 1.165) is 12.1 Å². The molecule has 3 rings (SSSR count). The van der Waals surface area contributed by atoms with Gasteiger partial charge in [0.1, 0.15) is 28.5 Å². The third kappa shape index (κ3) is 4.95. The molecular formula is C23H20BrF2N3O4. The third-order valence-electron chi connectivity index (χ3n) is 4.90. The van der Waals surface area contributed by atoms with E-state index in [-0.39, 0.29) is 45.1 Å². The van der Waals surface area contributed by atoms with Crippen LogP contribution in [0.3, 0.4) is 0 Å². The van der Waals surface area contributed by atoms with Gasteiger partial charge in [-0.25, -0.2) is 8.78 Å². The van der Waals surface area contributed by atoms with Gasteiger partial charge in [-0.2, -0.15) is 0 Å². The fourth-order valence-corrected chi connectivity index (χ4v) is 3.62. The average Bonchev–Trinajstić information content (AvgIpc) is 2.80. The number of pyridine rings is 1. The van der Waals surface area contributed by atoms with Gasteiger partial charge in [-0.1, -0.05) is 0 Å². The Morgan fingerprint density at radius 1 is 1.03 bits per heavy atom. The number of benzene rings is 2. The van der Waals surface area contributed by atoms with E-state index in [1.807, 2.05) is 0 Å². The van der Waals surface area contributed by atoms with Crippen LogP contribution in [0.4, 0.5) is 8.78 Å². The van der Waals surface area contributed by atoms with E-state index >= 15 is 0 Å². The van der Waals surface area contributed by atoms with Crippen LogP contribution in [-0.4, -0.2) is 30.5 Å². The first-order chi connectivity index (χ1) is 15.7. The van der Waals surface area contributed by atoms with Crippen LogP contribution in [0.1, 0.15) is 32.0 Å². The molecular weight excluding hydrogens is 500 g/mol. The maximum atomic E-state index is 13.9. The lowest BCUT2D eigenvalue weighted by Crippen LogP contribution is -2.27. The van der Waals surface area contributed by atoms with Gasteiger partial charge in [0.05, 0.1) is 11.3 Å². The van der Waals surface area contributed by atoms with Gasteiger partial charge in [0.2, 0.25) is 0 Å². The predicted molar refractivity (Wildman–Crippen MR) is 122 cm³/mol. The summed E-state index contributed by atoms with van der Waals surface area (Å²) in [5.41, 5.74) is 0.611. The predicted octanol–water partition coefficient (Wildman–Crippen LogP) is 3.48. The number of aromatic nitrogens is 1. The van der Waals surface area contributed by atoms with Crippen molar-refractivity contribution < 1.29 is 23.1 Å². The Bertz CT molecular complexity index is 1310. The summed E-state index contributed by atoms with van der Waals surface area (Å²) >= 11 is 3.21. The molecule has 33 heavy (non-hydrogen) atoms. The lowest BCUT2D eigenvalue weighted by Gasteiger charge is -2.18. The lowest BCUT2D eigenvalue weighted by atomic mass is 10.1. The maximum Gasteiger partial charge on any atom is 0.273 e. The Kier molecular flexibility index (Phi) is 7.27. The molecule has 7 nitrogen and oxygen atoms in total. The van der Waals surface area contributed by atoms with E-state index in [4.69, 9.17) is 4.74 Å². The van der Waals surface area contributed by atoms with Crippen LogP contribution in [0.2, 0.25) is 0 Å². The Balaban J connectivity index is 2.08. The van der Waals surface area contributed by atoms with Crippen molar-refractivity contribution in [3.05, 3.63) is 91.3 Å². The number of rotatable bonds is 6. The van der Waals surface area contributed by atoms with E-state index < -0.39 is 23.1 Å². The monoisotopic (exact) mass is 519 g/mol. The van der Waals surface area contributed by atoms with Gasteiger partial charge in [-0.3, -0.25) is 19.0 Å². The molecule has 0 saturated heterocycles. The first-order valence-corrected chi connectivity index (χ1v) is 10.5. The van der Waals surface area contributed by atoms with Crippen molar-refractivity contribution in [1.82, 2.24) is 15.2 Å². The number of hydrogen-bond donors (Lipinski definition) is 2. The van der Waals surface area contributed by atoms with Crippen LogP contribution < -0.4 is 20.9 Å². The SMILES string of the molecule is CNC(=O)c1ccc(C(=O)NC)c(-n2c(C)cc(OCc3ccc(F)cc3F)c(Br)c2=O)c1. The van der Waals surface area contributed by atoms with E-state index in [1.165, 1.54) is 49.0 Å². The molecule has 10 heteroatoms. The molecule has 0 aliphatic heterocycles. The molecule has 0 fully saturated rings. The molecule has 2 aromatic carbocycles. The Hall–Kier alpha value is -3.53. The largest absolute Gasteiger partial charge is 0.487 e. The number of halogens is 3. The number of nitrogens with zero attached hydrogens (tertiary/aromatic N) is 1. The van der Waals surface area contributed by atoms with Gasteiger partial charge < -0.3 is 15.4 Å². The van der Waals surface area contributed by atoms with Gasteiger partial charge >= 0.3 is 0 Å². The van der Waals surface area contributed by atoms with Crippen molar-refractivity contribution in [3.63, 3.8) is 0 Å². The van der Waals surface area contributed by atoms with E-state index in [9.17, 15) is 23.2 Å². The van der Waals surface area contributed by atoms with E-state index in [0.29, 0.717) is 5.69 Å². The zero-order valence-electron chi connectivity index (χ0n) is 18.0. The normalized spacial score (nSPS) is 10.6. The average molecular weight is 520 g/mol. The number of carbonyl (C=O) groups is 2. The summed E-state index contributed by atoms with van der Waals surface area (Å²) < 4.78 is 33.9. The van der Waals surface area contributed by atoms with Crippen LogP contribution >= 0.6 is 15.9 Å². The maximum absolute atomic E-state index is 13.9. The molecule has 0 bridgehead atoms. The molecule has 0 saturated carbocycles. The number of carbonyl (C=O) groups excluding carboxylic acids is 2. The minimum Gasteiger partial charge on any atom is -0.487 e. The molecule has 0 spiro atoms. The van der Waals surface area contributed by atoms with Crippen LogP contribution in [0, 0.1) is 18.6 Å². The molecule has 0 unspecified atom stereocenters. The highest BCUT2D eigenvalue weighted by Gasteiger charge is 2.20. The minimum absolute atomic E-state index is 0.0313. The fraction of sp³-hybridized carbons (Fsp3) is 0.174. The molecule has 2 N–H and O–H groups in total. The van der Waals surface area contributed by atoms with Crippen molar-refractivity contribution in [2.75, 3.05) is 14.1 Å². The summed E-state index contributed by atoms with van der Waals surface area (Å²) in [7, 11) is 2.93. The van der Waals surface area contributed by atoms with Crippen molar-refractivity contribution in [1.29, 1.82) is 0 Å². The molecule has 0 atom stereocenters. The van der Waals surface area contributed by atoms with Crippen molar-refractivity contribution in [2.24, 2.45) is 0 Å². The first kappa shape index (κ1) is 24.1. The highest BCUT2D eigenvalue weighted by Crippen LogP contribution is 2.27. The number of aryl methyl sites for hydroxylation is 1. The molecule has 0 aliphatic rings. The van der Waals surface area contributed by atoms with Gasteiger partial charge in [0.25, 0.3) is 17.4 Å². The summed E-state index contributed by atoms with van der Waals surface area (Å²) in [5.74, 6) is -2.16. The second-order valence-corrected chi connectivity index (χ2v) is 7.81. The third-order valence-corrected chi connectivity index (χ3v) is 5.63. The molecule has 3 aromatic rings. The van der Waals surface area contributed by atoms with Gasteiger partial charge in [0.15, 0.2) is 0 Å². The second-order valence-electron chi connectivity index (χ2n) is 7.02. The minimum atomic E-state index is -0.766. The zero-order valence-corrected chi connectivity index (χ0v) is 19.5. The highest BCUT2D eigenvalue weighted by atomic mass is 79.9. The van der Waals surface area contributed by atoms with Crippen LogP contribution in [-0.2, 0) is 6.61 Å². The molecule has 1 aromatic heterocycles. The van der Waals surface area contributed by atoms with Gasteiger partial charge in [-0.15, -0.1) is 0 Å². The van der Waals surface area contributed by atoms with Crippen molar-refractivity contribution in [2.45, 2.75) is 13.5 Å². The van der Waals surface area contributed by atoms with Crippen LogP contribution in [0.25, 0.3) is 5.69 Å². The highest BCUT2D eigenvalue weighted by molar-refractivity contribution is 9.10. The van der Waals surface area contributed by atoms with Gasteiger partial charge in [-0.05, 0) is 53.2 Å². The zero-order chi connectivity index (χ0) is 24.3. The Morgan fingerprint density at radius 2 is 1.73 bits per heavy atom. The summed E-state index contributed by atoms with van der Waals surface area (Å²) in [6.07, 6.45) is 0. The number of amides is 2. The fourth-order valence-electron chi connectivity index (χ4n) is 3.21. The Morgan fingerprint density at radius 3 is 2.36 bits per heavy atom. The molecule has 172 valence electrons. The number of ether oxygens (including phenoxy) is 1. The first-order valence-electron chi connectivity index (χ1n) is 9.75. The van der Waals surface area contributed by atoms with Crippen LogP contribution in [0.15, 0.2) is 51.7 Å². The Labute approximate surface area is 196 Å².